The summed E-state index contributed by atoms with van der Waals surface area (Å²) in [5, 5.41) is 6.91. The number of hydrogen-bond donors (Lipinski definition) is 0. The van der Waals surface area contributed by atoms with Crippen LogP contribution in [0.4, 0.5) is 5.69 Å². The van der Waals surface area contributed by atoms with Crippen molar-refractivity contribution in [2.24, 2.45) is 0 Å². The number of fused-ring (bicyclic) bond motifs is 1. The van der Waals surface area contributed by atoms with Gasteiger partial charge in [-0.05, 0) is 30.5 Å². The van der Waals surface area contributed by atoms with E-state index >= 15 is 0 Å². The van der Waals surface area contributed by atoms with Crippen molar-refractivity contribution in [3.05, 3.63) is 58.5 Å². The van der Waals surface area contributed by atoms with E-state index in [-0.39, 0.29) is 17.2 Å². The zero-order chi connectivity index (χ0) is 19.1. The van der Waals surface area contributed by atoms with Gasteiger partial charge in [-0.15, -0.1) is 16.4 Å². The van der Waals surface area contributed by atoms with Gasteiger partial charge in [0.1, 0.15) is 11.1 Å². The Hall–Kier alpha value is -2.16. The van der Waals surface area contributed by atoms with Gasteiger partial charge in [-0.2, -0.15) is 4.68 Å². The fourth-order valence-corrected chi connectivity index (χ4v) is 6.25. The normalized spacial score (nSPS) is 21.1. The lowest BCUT2D eigenvalue weighted by atomic mass is 10.1. The molecule has 3 aromatic rings. The fourth-order valence-electron chi connectivity index (χ4n) is 3.98. The van der Waals surface area contributed by atoms with Gasteiger partial charge in [-0.3, -0.25) is 9.69 Å². The predicted molar refractivity (Wildman–Crippen MR) is 112 cm³/mol. The van der Waals surface area contributed by atoms with E-state index in [2.05, 4.69) is 67.7 Å². The Bertz CT molecular complexity index is 964. The molecule has 2 aromatic heterocycles. The molecule has 2 aliphatic heterocycles. The topological polar surface area (TPSA) is 54.3 Å². The second-order valence-corrected chi connectivity index (χ2v) is 9.14. The van der Waals surface area contributed by atoms with Crippen LogP contribution in [0.25, 0.3) is 0 Å². The number of para-hydroxylation sites is 1. The maximum absolute atomic E-state index is 13.1. The van der Waals surface area contributed by atoms with Crippen LogP contribution in [0.15, 0.2) is 53.0 Å². The third kappa shape index (κ3) is 3.15. The standard InChI is InChI=1S/C20H21N5OS2/c1-14-21-20-25(22-14)19(26)18(28-20)17(16-8-5-13-27-16)24-11-9-23(10-12-24)15-6-3-2-4-7-15/h2-8,13,17-18H,9-12H2,1H3. The van der Waals surface area contributed by atoms with Gasteiger partial charge in [0.15, 0.2) is 5.16 Å². The molecule has 1 aromatic carbocycles. The molecule has 4 heterocycles. The Kier molecular flexibility index (Phi) is 4.70. The molecule has 1 fully saturated rings. The molecule has 0 N–H and O–H groups in total. The van der Waals surface area contributed by atoms with Crippen molar-refractivity contribution in [1.82, 2.24) is 19.7 Å². The molecular weight excluding hydrogens is 390 g/mol. The molecule has 28 heavy (non-hydrogen) atoms. The number of thiophene rings is 1. The molecule has 1 saturated heterocycles. The quantitative estimate of drug-likeness (QED) is 0.656. The predicted octanol–water partition coefficient (Wildman–Crippen LogP) is 3.33. The Morgan fingerprint density at radius 3 is 2.54 bits per heavy atom. The zero-order valence-electron chi connectivity index (χ0n) is 15.6. The molecule has 0 saturated carbocycles. The summed E-state index contributed by atoms with van der Waals surface area (Å²) in [6, 6.07) is 14.8. The first-order valence-electron chi connectivity index (χ1n) is 9.43. The van der Waals surface area contributed by atoms with Crippen LogP contribution in [-0.4, -0.2) is 57.0 Å². The van der Waals surface area contributed by atoms with Gasteiger partial charge in [0, 0.05) is 36.7 Å². The van der Waals surface area contributed by atoms with Gasteiger partial charge in [0.25, 0.3) is 5.91 Å². The molecular formula is C20H21N5OS2. The average molecular weight is 412 g/mol. The number of piperazine rings is 1. The van der Waals surface area contributed by atoms with Crippen molar-refractivity contribution in [1.29, 1.82) is 0 Å². The highest BCUT2D eigenvalue weighted by Crippen LogP contribution is 2.42. The summed E-state index contributed by atoms with van der Waals surface area (Å²) < 4.78 is 1.49. The Labute approximate surface area is 172 Å². The number of carbonyl (C=O) groups excluding carboxylic acids is 1. The van der Waals surface area contributed by atoms with E-state index in [1.165, 1.54) is 15.2 Å². The molecule has 0 amide bonds. The number of aryl methyl sites for hydroxylation is 1. The summed E-state index contributed by atoms with van der Waals surface area (Å²) >= 11 is 3.28. The van der Waals surface area contributed by atoms with Gasteiger partial charge in [-0.25, -0.2) is 4.98 Å². The van der Waals surface area contributed by atoms with E-state index in [1.807, 2.05) is 6.92 Å². The number of aromatic nitrogens is 3. The summed E-state index contributed by atoms with van der Waals surface area (Å²) in [6.07, 6.45) is 0. The molecule has 2 aliphatic rings. The highest BCUT2D eigenvalue weighted by molar-refractivity contribution is 8.01. The average Bonchev–Trinajstić information content (AvgIpc) is 3.43. The Morgan fingerprint density at radius 1 is 1.07 bits per heavy atom. The summed E-state index contributed by atoms with van der Waals surface area (Å²) in [7, 11) is 0. The van der Waals surface area contributed by atoms with Crippen molar-refractivity contribution in [2.75, 3.05) is 31.1 Å². The minimum Gasteiger partial charge on any atom is -0.369 e. The van der Waals surface area contributed by atoms with Crippen LogP contribution in [-0.2, 0) is 0 Å². The lowest BCUT2D eigenvalue weighted by Crippen LogP contribution is -2.50. The molecule has 2 atom stereocenters. The maximum Gasteiger partial charge on any atom is 0.264 e. The minimum absolute atomic E-state index is 0.0458. The Balaban J connectivity index is 1.37. The number of thioether (sulfide) groups is 1. The third-order valence-corrected chi connectivity index (χ3v) is 7.45. The van der Waals surface area contributed by atoms with Gasteiger partial charge in [-0.1, -0.05) is 36.0 Å². The highest BCUT2D eigenvalue weighted by atomic mass is 32.2. The van der Waals surface area contributed by atoms with E-state index in [1.54, 1.807) is 23.1 Å². The Morgan fingerprint density at radius 2 is 1.86 bits per heavy atom. The highest BCUT2D eigenvalue weighted by Gasteiger charge is 2.43. The minimum atomic E-state index is -0.197. The lowest BCUT2D eigenvalue weighted by Gasteiger charge is -2.41. The molecule has 0 aliphatic carbocycles. The molecule has 5 rings (SSSR count). The first kappa shape index (κ1) is 17.9. The number of rotatable bonds is 4. The number of anilines is 1. The number of benzene rings is 1. The molecule has 6 nitrogen and oxygen atoms in total. The van der Waals surface area contributed by atoms with Crippen LogP contribution >= 0.6 is 23.1 Å². The van der Waals surface area contributed by atoms with Crippen LogP contribution in [0.3, 0.4) is 0 Å². The van der Waals surface area contributed by atoms with Crippen LogP contribution in [0.1, 0.15) is 21.5 Å². The molecule has 0 bridgehead atoms. The smallest absolute Gasteiger partial charge is 0.264 e. The second kappa shape index (κ2) is 7.35. The van der Waals surface area contributed by atoms with Crippen molar-refractivity contribution in [3.63, 3.8) is 0 Å². The molecule has 0 spiro atoms. The SMILES string of the molecule is Cc1nc2n(n1)C(=O)C(C(c1cccs1)N1CCN(c3ccccc3)CC1)S2. The van der Waals surface area contributed by atoms with E-state index in [0.29, 0.717) is 5.82 Å². The zero-order valence-corrected chi connectivity index (χ0v) is 17.2. The molecule has 8 heteroatoms. The first-order chi connectivity index (χ1) is 13.7. The van der Waals surface area contributed by atoms with Gasteiger partial charge < -0.3 is 4.90 Å². The summed E-state index contributed by atoms with van der Waals surface area (Å²) in [6.45, 7) is 5.60. The summed E-state index contributed by atoms with van der Waals surface area (Å²) in [5.41, 5.74) is 1.26. The van der Waals surface area contributed by atoms with Crippen molar-refractivity contribution < 1.29 is 4.79 Å². The van der Waals surface area contributed by atoms with Crippen molar-refractivity contribution >= 4 is 34.7 Å². The number of carbonyl (C=O) groups is 1. The monoisotopic (exact) mass is 411 g/mol. The van der Waals surface area contributed by atoms with E-state index in [9.17, 15) is 4.79 Å². The maximum atomic E-state index is 13.1. The van der Waals surface area contributed by atoms with Crippen LogP contribution in [0.2, 0.25) is 0 Å². The van der Waals surface area contributed by atoms with Crippen LogP contribution < -0.4 is 4.90 Å². The number of hydrogen-bond acceptors (Lipinski definition) is 7. The van der Waals surface area contributed by atoms with E-state index in [0.717, 1.165) is 31.3 Å². The first-order valence-corrected chi connectivity index (χ1v) is 11.2. The van der Waals surface area contributed by atoms with E-state index in [4.69, 9.17) is 0 Å². The third-order valence-electron chi connectivity index (χ3n) is 5.32. The van der Waals surface area contributed by atoms with Gasteiger partial charge in [0.2, 0.25) is 0 Å². The van der Waals surface area contributed by atoms with Gasteiger partial charge >= 0.3 is 0 Å². The van der Waals surface area contributed by atoms with Crippen LogP contribution in [0.5, 0.6) is 0 Å². The van der Waals surface area contributed by atoms with Crippen molar-refractivity contribution in [2.45, 2.75) is 23.4 Å². The summed E-state index contributed by atoms with van der Waals surface area (Å²) in [4.78, 5) is 23.6. The molecule has 2 unspecified atom stereocenters. The van der Waals surface area contributed by atoms with Crippen molar-refractivity contribution in [3.8, 4) is 0 Å². The van der Waals surface area contributed by atoms with E-state index < -0.39 is 0 Å². The molecule has 0 radical (unpaired) electrons. The van der Waals surface area contributed by atoms with Gasteiger partial charge in [0.05, 0.1) is 6.04 Å². The number of nitrogens with zero attached hydrogens (tertiary/aromatic N) is 5. The second-order valence-electron chi connectivity index (χ2n) is 7.05. The lowest BCUT2D eigenvalue weighted by molar-refractivity contribution is 0.0832. The van der Waals surface area contributed by atoms with Crippen LogP contribution in [0, 0.1) is 6.92 Å². The largest absolute Gasteiger partial charge is 0.369 e. The fraction of sp³-hybridized carbons (Fsp3) is 0.350. The molecule has 144 valence electrons. The summed E-state index contributed by atoms with van der Waals surface area (Å²) in [5.74, 6) is 0.697.